The van der Waals surface area contributed by atoms with E-state index in [0.29, 0.717) is 6.07 Å². The highest BCUT2D eigenvalue weighted by Crippen LogP contribution is 2.23. The molecule has 0 N–H and O–H groups in total. The quantitative estimate of drug-likeness (QED) is 0.383. The Morgan fingerprint density at radius 1 is 0.615 bits per heavy atom. The first-order chi connectivity index (χ1) is 12.5. The van der Waals surface area contributed by atoms with Gasteiger partial charge in [-0.3, -0.25) is 0 Å². The van der Waals surface area contributed by atoms with Gasteiger partial charge in [0.2, 0.25) is 5.82 Å². The van der Waals surface area contributed by atoms with Crippen LogP contribution in [0.15, 0.2) is 60.7 Å². The summed E-state index contributed by atoms with van der Waals surface area (Å²) in [6, 6.07) is 12.5. The summed E-state index contributed by atoms with van der Waals surface area (Å²) in [5.74, 6) is -7.28. The summed E-state index contributed by atoms with van der Waals surface area (Å²) in [4.78, 5) is 0. The average molecular weight is 364 g/mol. The molecule has 0 saturated heterocycles. The van der Waals surface area contributed by atoms with Crippen LogP contribution in [0.5, 0.6) is 11.5 Å². The maximum absolute atomic E-state index is 13.9. The summed E-state index contributed by atoms with van der Waals surface area (Å²) in [7, 11) is -1.44. The molecule has 0 amide bonds. The van der Waals surface area contributed by atoms with Crippen molar-refractivity contribution in [2.75, 3.05) is 0 Å². The monoisotopic (exact) mass is 364 g/mol. The van der Waals surface area contributed by atoms with Crippen molar-refractivity contribution in [1.82, 2.24) is 0 Å². The van der Waals surface area contributed by atoms with Gasteiger partial charge in [-0.25, -0.2) is 17.6 Å². The SMILES string of the molecule is Fc1ccc(B(Oc2ccccc2)Oc2ccc(F)c(F)c2F)cc1F. The molecule has 0 unspecified atom stereocenters. The molecule has 0 aliphatic heterocycles. The maximum Gasteiger partial charge on any atom is 0.632 e. The summed E-state index contributed by atoms with van der Waals surface area (Å²) in [6.07, 6.45) is 0. The minimum absolute atomic E-state index is 0.0110. The van der Waals surface area contributed by atoms with Gasteiger partial charge in [-0.05, 0) is 36.4 Å². The molecule has 0 spiro atoms. The first kappa shape index (κ1) is 17.8. The van der Waals surface area contributed by atoms with E-state index in [1.54, 1.807) is 30.3 Å². The van der Waals surface area contributed by atoms with Gasteiger partial charge in [0.25, 0.3) is 0 Å². The second-order valence-corrected chi connectivity index (χ2v) is 5.23. The van der Waals surface area contributed by atoms with Crippen molar-refractivity contribution in [2.45, 2.75) is 0 Å². The molecule has 0 saturated carbocycles. The minimum atomic E-state index is -1.72. The Labute approximate surface area is 145 Å². The highest BCUT2D eigenvalue weighted by Gasteiger charge is 2.30. The van der Waals surface area contributed by atoms with Crippen LogP contribution in [0.2, 0.25) is 0 Å². The summed E-state index contributed by atoms with van der Waals surface area (Å²) in [6.45, 7) is 0. The van der Waals surface area contributed by atoms with Crippen molar-refractivity contribution in [2.24, 2.45) is 0 Å². The molecule has 3 aromatic carbocycles. The molecule has 26 heavy (non-hydrogen) atoms. The molecule has 2 nitrogen and oxygen atoms in total. The Bertz CT molecular complexity index is 921. The summed E-state index contributed by atoms with van der Waals surface area (Å²) < 4.78 is 77.9. The van der Waals surface area contributed by atoms with Gasteiger partial charge in [0.05, 0.1) is 0 Å². The van der Waals surface area contributed by atoms with E-state index < -0.39 is 42.0 Å². The van der Waals surface area contributed by atoms with E-state index in [4.69, 9.17) is 9.31 Å². The Morgan fingerprint density at radius 2 is 1.31 bits per heavy atom. The lowest BCUT2D eigenvalue weighted by atomic mass is 9.78. The van der Waals surface area contributed by atoms with E-state index in [-0.39, 0.29) is 11.2 Å². The van der Waals surface area contributed by atoms with Gasteiger partial charge in [-0.2, -0.15) is 4.39 Å². The van der Waals surface area contributed by atoms with Gasteiger partial charge in [-0.15, -0.1) is 0 Å². The van der Waals surface area contributed by atoms with E-state index in [0.717, 1.165) is 18.2 Å². The van der Waals surface area contributed by atoms with E-state index in [1.165, 1.54) is 6.07 Å². The largest absolute Gasteiger partial charge is 0.632 e. The molecule has 8 heteroatoms. The standard InChI is InChI=1S/C18H10BF5O2/c20-13-7-6-11(10-15(13)22)19(25-12-4-2-1-3-5-12)26-16-9-8-14(21)17(23)18(16)24/h1-10H. The zero-order chi connectivity index (χ0) is 18.7. The lowest BCUT2D eigenvalue weighted by Gasteiger charge is -2.17. The molecular weight excluding hydrogens is 354 g/mol. The molecule has 0 aliphatic rings. The average Bonchev–Trinajstić information content (AvgIpc) is 2.64. The molecule has 132 valence electrons. The van der Waals surface area contributed by atoms with Gasteiger partial charge in [0.1, 0.15) is 11.5 Å². The fraction of sp³-hybridized carbons (Fsp3) is 0. The third-order valence-electron chi connectivity index (χ3n) is 3.44. The van der Waals surface area contributed by atoms with E-state index in [9.17, 15) is 22.0 Å². The highest BCUT2D eigenvalue weighted by atomic mass is 19.2. The van der Waals surface area contributed by atoms with Crippen molar-refractivity contribution in [3.05, 3.63) is 89.7 Å². The number of halogens is 5. The summed E-state index contributed by atoms with van der Waals surface area (Å²) in [5, 5.41) is 0. The molecule has 0 bridgehead atoms. The van der Waals surface area contributed by atoms with Crippen LogP contribution in [0, 0.1) is 29.1 Å². The first-order valence-corrected chi connectivity index (χ1v) is 7.42. The zero-order valence-corrected chi connectivity index (χ0v) is 13.1. The number of rotatable bonds is 5. The number of benzene rings is 3. The lowest BCUT2D eigenvalue weighted by molar-refractivity contribution is 0.389. The molecule has 0 aliphatic carbocycles. The Hall–Kier alpha value is -3.03. The predicted octanol–water partition coefficient (Wildman–Crippen LogP) is 4.24. The molecule has 3 rings (SSSR count). The molecule has 0 atom stereocenters. The number of hydrogen-bond donors (Lipinski definition) is 0. The topological polar surface area (TPSA) is 18.5 Å². The van der Waals surface area contributed by atoms with Crippen LogP contribution >= 0.6 is 0 Å². The second-order valence-electron chi connectivity index (χ2n) is 5.23. The molecule has 0 radical (unpaired) electrons. The fourth-order valence-electron chi connectivity index (χ4n) is 2.16. The van der Waals surface area contributed by atoms with Crippen LogP contribution in [0.3, 0.4) is 0 Å². The lowest BCUT2D eigenvalue weighted by Crippen LogP contribution is -2.43. The number of hydrogen-bond acceptors (Lipinski definition) is 2. The molecule has 0 heterocycles. The van der Waals surface area contributed by atoms with E-state index in [1.807, 2.05) is 0 Å². The highest BCUT2D eigenvalue weighted by molar-refractivity contribution is 6.62. The van der Waals surface area contributed by atoms with Gasteiger partial charge in [-0.1, -0.05) is 24.3 Å². The van der Waals surface area contributed by atoms with Crippen LogP contribution in [0.4, 0.5) is 22.0 Å². The zero-order valence-electron chi connectivity index (χ0n) is 13.1. The van der Waals surface area contributed by atoms with Gasteiger partial charge < -0.3 is 9.31 Å². The Kier molecular flexibility index (Phi) is 5.11. The molecular formula is C18H10BF5O2. The van der Waals surface area contributed by atoms with Gasteiger partial charge in [0, 0.05) is 5.46 Å². The van der Waals surface area contributed by atoms with Gasteiger partial charge >= 0.3 is 7.12 Å². The van der Waals surface area contributed by atoms with Crippen molar-refractivity contribution in [3.8, 4) is 11.5 Å². The molecule has 0 aromatic heterocycles. The van der Waals surface area contributed by atoms with Crippen molar-refractivity contribution >= 4 is 12.6 Å². The third kappa shape index (κ3) is 3.79. The van der Waals surface area contributed by atoms with Crippen molar-refractivity contribution in [1.29, 1.82) is 0 Å². The van der Waals surface area contributed by atoms with Crippen LogP contribution in [-0.2, 0) is 0 Å². The van der Waals surface area contributed by atoms with E-state index >= 15 is 0 Å². The Balaban J connectivity index is 1.97. The van der Waals surface area contributed by atoms with Crippen molar-refractivity contribution < 1.29 is 31.3 Å². The fourth-order valence-corrected chi connectivity index (χ4v) is 2.16. The minimum Gasteiger partial charge on any atom is -0.522 e. The predicted molar refractivity (Wildman–Crippen MR) is 85.8 cm³/mol. The second kappa shape index (κ2) is 7.47. The molecule has 0 fully saturated rings. The number of para-hydroxylation sites is 1. The first-order valence-electron chi connectivity index (χ1n) is 7.42. The van der Waals surface area contributed by atoms with Crippen LogP contribution < -0.4 is 14.8 Å². The summed E-state index contributed by atoms with van der Waals surface area (Å²) >= 11 is 0. The van der Waals surface area contributed by atoms with Gasteiger partial charge in [0.15, 0.2) is 23.3 Å². The smallest absolute Gasteiger partial charge is 0.522 e. The van der Waals surface area contributed by atoms with Crippen LogP contribution in [0.1, 0.15) is 0 Å². The van der Waals surface area contributed by atoms with Crippen molar-refractivity contribution in [3.63, 3.8) is 0 Å². The maximum atomic E-state index is 13.9. The van der Waals surface area contributed by atoms with Crippen LogP contribution in [0.25, 0.3) is 0 Å². The summed E-state index contributed by atoms with van der Waals surface area (Å²) in [5.41, 5.74) is 0.0110. The molecule has 3 aromatic rings. The van der Waals surface area contributed by atoms with E-state index in [2.05, 4.69) is 0 Å². The van der Waals surface area contributed by atoms with Crippen LogP contribution in [-0.4, -0.2) is 7.12 Å². The third-order valence-corrected chi connectivity index (χ3v) is 3.44. The normalized spacial score (nSPS) is 10.5. The Morgan fingerprint density at radius 3 is 2.00 bits per heavy atom.